The number of benzene rings is 1. The molecule has 1 aromatic rings. The fourth-order valence-corrected chi connectivity index (χ4v) is 3.02. The molecule has 3 rings (SSSR count). The minimum absolute atomic E-state index is 0.747. The van der Waals surface area contributed by atoms with Crippen LogP contribution in [0.15, 0.2) is 24.3 Å². The van der Waals surface area contributed by atoms with Gasteiger partial charge in [-0.2, -0.15) is 5.26 Å². The summed E-state index contributed by atoms with van der Waals surface area (Å²) in [6.45, 7) is 5.84. The lowest BCUT2D eigenvalue weighted by Gasteiger charge is -2.16. The Bertz CT molecular complexity index is 420. The summed E-state index contributed by atoms with van der Waals surface area (Å²) in [4.78, 5) is 2.54. The molecule has 88 valence electrons. The van der Waals surface area contributed by atoms with Crippen molar-refractivity contribution in [2.45, 2.75) is 6.54 Å². The highest BCUT2D eigenvalue weighted by atomic mass is 15.2. The van der Waals surface area contributed by atoms with Gasteiger partial charge in [-0.3, -0.25) is 4.90 Å². The minimum atomic E-state index is 0.747. The van der Waals surface area contributed by atoms with E-state index in [0.29, 0.717) is 0 Å². The number of hydrogen-bond acceptors (Lipinski definition) is 3. The second-order valence-corrected chi connectivity index (χ2v) is 5.18. The third kappa shape index (κ3) is 2.19. The molecule has 0 saturated carbocycles. The highest BCUT2D eigenvalue weighted by Crippen LogP contribution is 2.27. The molecular formula is C14H17N3. The molecule has 0 radical (unpaired) electrons. The molecule has 3 nitrogen and oxygen atoms in total. The molecular weight excluding hydrogens is 210 g/mol. The van der Waals surface area contributed by atoms with Gasteiger partial charge in [0.25, 0.3) is 0 Å². The number of nitrogens with zero attached hydrogens (tertiary/aromatic N) is 2. The molecule has 2 heterocycles. The first kappa shape index (κ1) is 10.8. The summed E-state index contributed by atoms with van der Waals surface area (Å²) >= 11 is 0. The fourth-order valence-electron chi connectivity index (χ4n) is 3.02. The standard InChI is InChI=1S/C14H17N3/c15-5-11-1-3-12(4-2-11)8-17-9-13-6-16-7-14(13)10-17/h1-4,13-14,16H,6-10H2. The molecule has 3 heteroatoms. The van der Waals surface area contributed by atoms with Gasteiger partial charge in [0.05, 0.1) is 11.6 Å². The van der Waals surface area contributed by atoms with E-state index in [2.05, 4.69) is 28.4 Å². The summed E-state index contributed by atoms with van der Waals surface area (Å²) in [5.74, 6) is 1.71. The average Bonchev–Trinajstić information content (AvgIpc) is 2.90. The van der Waals surface area contributed by atoms with Gasteiger partial charge in [0.15, 0.2) is 0 Å². The summed E-state index contributed by atoms with van der Waals surface area (Å²) in [5, 5.41) is 12.2. The number of fused-ring (bicyclic) bond motifs is 1. The van der Waals surface area contributed by atoms with Gasteiger partial charge in [-0.25, -0.2) is 0 Å². The first-order valence-electron chi connectivity index (χ1n) is 6.27. The molecule has 0 aromatic heterocycles. The highest BCUT2D eigenvalue weighted by molar-refractivity contribution is 5.31. The molecule has 2 fully saturated rings. The van der Waals surface area contributed by atoms with Crippen molar-refractivity contribution in [3.8, 4) is 6.07 Å². The van der Waals surface area contributed by atoms with Crippen molar-refractivity contribution in [2.24, 2.45) is 11.8 Å². The van der Waals surface area contributed by atoms with Gasteiger partial charge in [0.2, 0.25) is 0 Å². The van der Waals surface area contributed by atoms with Gasteiger partial charge in [0, 0.05) is 19.6 Å². The van der Waals surface area contributed by atoms with Crippen LogP contribution in [0, 0.1) is 23.2 Å². The molecule has 17 heavy (non-hydrogen) atoms. The Morgan fingerprint density at radius 3 is 2.41 bits per heavy atom. The zero-order valence-electron chi connectivity index (χ0n) is 9.89. The number of likely N-dealkylation sites (tertiary alicyclic amines) is 1. The van der Waals surface area contributed by atoms with E-state index < -0.39 is 0 Å². The zero-order chi connectivity index (χ0) is 11.7. The first-order chi connectivity index (χ1) is 8.35. The smallest absolute Gasteiger partial charge is 0.0991 e. The summed E-state index contributed by atoms with van der Waals surface area (Å²) in [6, 6.07) is 10.1. The lowest BCUT2D eigenvalue weighted by atomic mass is 10.0. The summed E-state index contributed by atoms with van der Waals surface area (Å²) < 4.78 is 0. The van der Waals surface area contributed by atoms with Crippen molar-refractivity contribution in [1.82, 2.24) is 10.2 Å². The molecule has 2 unspecified atom stereocenters. The van der Waals surface area contributed by atoms with Crippen LogP contribution in [0.1, 0.15) is 11.1 Å². The Labute approximate surface area is 102 Å². The molecule has 2 aliphatic rings. The Hall–Kier alpha value is -1.37. The highest BCUT2D eigenvalue weighted by Gasteiger charge is 2.35. The van der Waals surface area contributed by atoms with E-state index in [1.54, 1.807) is 0 Å². The summed E-state index contributed by atoms with van der Waals surface area (Å²) in [5.41, 5.74) is 2.06. The molecule has 0 bridgehead atoms. The van der Waals surface area contributed by atoms with E-state index >= 15 is 0 Å². The second-order valence-electron chi connectivity index (χ2n) is 5.18. The largest absolute Gasteiger partial charge is 0.316 e. The zero-order valence-corrected chi connectivity index (χ0v) is 9.89. The fraction of sp³-hybridized carbons (Fsp3) is 0.500. The van der Waals surface area contributed by atoms with Gasteiger partial charge in [-0.1, -0.05) is 12.1 Å². The van der Waals surface area contributed by atoms with Crippen LogP contribution < -0.4 is 5.32 Å². The van der Waals surface area contributed by atoms with Gasteiger partial charge in [-0.05, 0) is 42.6 Å². The predicted molar refractivity (Wildman–Crippen MR) is 66.3 cm³/mol. The second kappa shape index (κ2) is 4.48. The van der Waals surface area contributed by atoms with Crippen molar-refractivity contribution in [1.29, 1.82) is 5.26 Å². The number of nitrogens with one attached hydrogen (secondary N) is 1. The molecule has 0 spiro atoms. The normalized spacial score (nSPS) is 27.9. The Kier molecular flexibility index (Phi) is 2.84. The van der Waals surface area contributed by atoms with E-state index in [0.717, 1.165) is 23.9 Å². The van der Waals surface area contributed by atoms with E-state index in [9.17, 15) is 0 Å². The SMILES string of the molecule is N#Cc1ccc(CN2CC3CNCC3C2)cc1. The Balaban J connectivity index is 1.62. The van der Waals surface area contributed by atoms with Crippen molar-refractivity contribution >= 4 is 0 Å². The summed E-state index contributed by atoms with van der Waals surface area (Å²) in [6.07, 6.45) is 0. The van der Waals surface area contributed by atoms with E-state index in [1.807, 2.05) is 12.1 Å². The molecule has 1 aromatic carbocycles. The predicted octanol–water partition coefficient (Wildman–Crippen LogP) is 1.21. The van der Waals surface area contributed by atoms with Gasteiger partial charge >= 0.3 is 0 Å². The first-order valence-corrected chi connectivity index (χ1v) is 6.27. The van der Waals surface area contributed by atoms with Crippen LogP contribution in [-0.2, 0) is 6.54 Å². The molecule has 1 N–H and O–H groups in total. The number of rotatable bonds is 2. The molecule has 0 aliphatic carbocycles. The Morgan fingerprint density at radius 1 is 1.18 bits per heavy atom. The van der Waals surface area contributed by atoms with E-state index in [4.69, 9.17) is 5.26 Å². The lowest BCUT2D eigenvalue weighted by molar-refractivity contribution is 0.305. The quantitative estimate of drug-likeness (QED) is 0.825. The van der Waals surface area contributed by atoms with Crippen molar-refractivity contribution in [3.63, 3.8) is 0 Å². The molecule has 2 atom stereocenters. The topological polar surface area (TPSA) is 39.1 Å². The van der Waals surface area contributed by atoms with Gasteiger partial charge < -0.3 is 5.32 Å². The van der Waals surface area contributed by atoms with Crippen LogP contribution in [-0.4, -0.2) is 31.1 Å². The molecule has 2 saturated heterocycles. The van der Waals surface area contributed by atoms with Crippen LogP contribution in [0.3, 0.4) is 0 Å². The lowest BCUT2D eigenvalue weighted by Crippen LogP contribution is -2.25. The van der Waals surface area contributed by atoms with E-state index in [1.165, 1.54) is 31.7 Å². The van der Waals surface area contributed by atoms with Crippen LogP contribution >= 0.6 is 0 Å². The van der Waals surface area contributed by atoms with Crippen LogP contribution in [0.25, 0.3) is 0 Å². The average molecular weight is 227 g/mol. The van der Waals surface area contributed by atoms with Crippen LogP contribution in [0.5, 0.6) is 0 Å². The Morgan fingerprint density at radius 2 is 1.82 bits per heavy atom. The maximum atomic E-state index is 8.75. The third-order valence-corrected chi connectivity index (χ3v) is 3.95. The van der Waals surface area contributed by atoms with Crippen LogP contribution in [0.2, 0.25) is 0 Å². The van der Waals surface area contributed by atoms with Crippen molar-refractivity contribution < 1.29 is 0 Å². The maximum absolute atomic E-state index is 8.75. The number of hydrogen-bond donors (Lipinski definition) is 1. The van der Waals surface area contributed by atoms with E-state index in [-0.39, 0.29) is 0 Å². The third-order valence-electron chi connectivity index (χ3n) is 3.95. The summed E-state index contributed by atoms with van der Waals surface area (Å²) in [7, 11) is 0. The van der Waals surface area contributed by atoms with Gasteiger partial charge in [-0.15, -0.1) is 0 Å². The monoisotopic (exact) mass is 227 g/mol. The number of nitriles is 1. The molecule has 2 aliphatic heterocycles. The van der Waals surface area contributed by atoms with Crippen LogP contribution in [0.4, 0.5) is 0 Å². The van der Waals surface area contributed by atoms with Crippen molar-refractivity contribution in [3.05, 3.63) is 35.4 Å². The maximum Gasteiger partial charge on any atom is 0.0991 e. The minimum Gasteiger partial charge on any atom is -0.316 e. The molecule has 0 amide bonds. The van der Waals surface area contributed by atoms with Crippen molar-refractivity contribution in [2.75, 3.05) is 26.2 Å². The van der Waals surface area contributed by atoms with Gasteiger partial charge in [0.1, 0.15) is 0 Å².